The second-order valence-corrected chi connectivity index (χ2v) is 3.86. The number of hydrogen-bond donors (Lipinski definition) is 0. The maximum Gasteiger partial charge on any atom is 1.00 e. The van der Waals surface area contributed by atoms with Crippen molar-refractivity contribution in [3.05, 3.63) is 36.1 Å². The molecular formula is C8H6LiNS2. The van der Waals surface area contributed by atoms with Crippen LogP contribution in [0.25, 0.3) is 0 Å². The second-order valence-electron chi connectivity index (χ2n) is 1.81. The Hall–Kier alpha value is 0.00740. The zero-order chi connectivity index (χ0) is 8.10. The summed E-state index contributed by atoms with van der Waals surface area (Å²) in [5.74, 6) is 0. The second kappa shape index (κ2) is 6.52. The molecule has 0 unspecified atom stereocenters. The normalized spacial score (nSPS) is 8.33. The first-order valence-corrected chi connectivity index (χ1v) is 5.28. The molecule has 0 aliphatic rings. The first kappa shape index (κ1) is 12.0. The molecule has 4 heteroatoms. The van der Waals surface area contributed by atoms with Crippen LogP contribution in [-0.4, -0.2) is 0 Å². The van der Waals surface area contributed by atoms with Gasteiger partial charge in [-0.25, -0.2) is 0 Å². The van der Waals surface area contributed by atoms with Crippen molar-refractivity contribution in [3.8, 4) is 6.07 Å². The Balaban J connectivity index is 0.00000121. The SMILES string of the molecule is [CH2-]SSc1ccccc1C#N.[Li+]. The van der Waals surface area contributed by atoms with Crippen molar-refractivity contribution in [2.24, 2.45) is 0 Å². The van der Waals surface area contributed by atoms with E-state index in [0.717, 1.165) is 4.90 Å². The third kappa shape index (κ3) is 3.17. The molecule has 0 heterocycles. The van der Waals surface area contributed by atoms with Crippen LogP contribution in [0.3, 0.4) is 0 Å². The van der Waals surface area contributed by atoms with Gasteiger partial charge in [0.05, 0.1) is 5.56 Å². The summed E-state index contributed by atoms with van der Waals surface area (Å²) in [4.78, 5) is 0.981. The van der Waals surface area contributed by atoms with Gasteiger partial charge in [0.25, 0.3) is 0 Å². The Morgan fingerprint density at radius 3 is 2.58 bits per heavy atom. The van der Waals surface area contributed by atoms with Crippen molar-refractivity contribution >= 4 is 21.6 Å². The fourth-order valence-corrected chi connectivity index (χ4v) is 1.98. The quantitative estimate of drug-likeness (QED) is 0.372. The Morgan fingerprint density at radius 1 is 1.33 bits per heavy atom. The third-order valence-corrected chi connectivity index (χ3v) is 2.70. The summed E-state index contributed by atoms with van der Waals surface area (Å²) in [6.07, 6.45) is 3.63. The van der Waals surface area contributed by atoms with Gasteiger partial charge in [0, 0.05) is 4.90 Å². The standard InChI is InChI=1S/C8H6NS2.Li/c1-10-11-8-5-3-2-4-7(8)6-9;/h2-5H,1H2;/q-1;+1. The molecule has 0 spiro atoms. The van der Waals surface area contributed by atoms with Crippen molar-refractivity contribution in [2.45, 2.75) is 4.90 Å². The number of hydrogen-bond acceptors (Lipinski definition) is 3. The maximum atomic E-state index is 8.65. The Labute approximate surface area is 92.5 Å². The van der Waals surface area contributed by atoms with Crippen LogP contribution in [0.1, 0.15) is 5.56 Å². The monoisotopic (exact) mass is 187 g/mol. The maximum absolute atomic E-state index is 8.65. The number of nitriles is 1. The van der Waals surface area contributed by atoms with E-state index in [4.69, 9.17) is 5.26 Å². The Bertz CT molecular complexity index is 283. The summed E-state index contributed by atoms with van der Waals surface area (Å²) in [6.45, 7) is 0. The van der Waals surface area contributed by atoms with Crippen LogP contribution in [0, 0.1) is 17.6 Å². The van der Waals surface area contributed by atoms with E-state index >= 15 is 0 Å². The van der Waals surface area contributed by atoms with Gasteiger partial charge in [-0.2, -0.15) is 5.26 Å². The van der Waals surface area contributed by atoms with Crippen molar-refractivity contribution < 1.29 is 18.9 Å². The molecule has 0 saturated carbocycles. The van der Waals surface area contributed by atoms with Gasteiger partial charge < -0.3 is 0 Å². The average Bonchev–Trinajstić information content (AvgIpc) is 2.06. The van der Waals surface area contributed by atoms with Crippen LogP contribution >= 0.6 is 21.6 Å². The minimum Gasteiger partial charge on any atom is -0.281 e. The van der Waals surface area contributed by atoms with Crippen LogP contribution in [0.15, 0.2) is 29.2 Å². The molecule has 0 aliphatic heterocycles. The predicted molar refractivity (Wildman–Crippen MR) is 50.0 cm³/mol. The molecule has 0 bridgehead atoms. The molecule has 12 heavy (non-hydrogen) atoms. The molecule has 0 saturated heterocycles. The van der Waals surface area contributed by atoms with Gasteiger partial charge in [-0.1, -0.05) is 22.9 Å². The molecule has 1 nitrogen and oxygen atoms in total. The predicted octanol–water partition coefficient (Wildman–Crippen LogP) is 0.0942. The van der Waals surface area contributed by atoms with Crippen molar-refractivity contribution in [3.63, 3.8) is 0 Å². The van der Waals surface area contributed by atoms with E-state index in [2.05, 4.69) is 12.3 Å². The van der Waals surface area contributed by atoms with Crippen LogP contribution in [0.4, 0.5) is 0 Å². The fourth-order valence-electron chi connectivity index (χ4n) is 0.695. The smallest absolute Gasteiger partial charge is 0.281 e. The molecule has 1 rings (SSSR count). The van der Waals surface area contributed by atoms with Crippen molar-refractivity contribution in [2.75, 3.05) is 0 Å². The van der Waals surface area contributed by atoms with E-state index in [1.807, 2.05) is 18.2 Å². The van der Waals surface area contributed by atoms with Gasteiger partial charge in [-0.3, -0.25) is 17.0 Å². The zero-order valence-electron chi connectivity index (χ0n) is 6.78. The van der Waals surface area contributed by atoms with Crippen LogP contribution in [0.5, 0.6) is 0 Å². The van der Waals surface area contributed by atoms with E-state index < -0.39 is 0 Å². The van der Waals surface area contributed by atoms with Crippen LogP contribution in [0.2, 0.25) is 0 Å². The first-order chi connectivity index (χ1) is 5.38. The molecule has 0 aromatic heterocycles. The zero-order valence-corrected chi connectivity index (χ0v) is 8.41. The van der Waals surface area contributed by atoms with Crippen LogP contribution < -0.4 is 18.9 Å². The van der Waals surface area contributed by atoms with E-state index in [-0.39, 0.29) is 18.9 Å². The van der Waals surface area contributed by atoms with Crippen molar-refractivity contribution in [1.82, 2.24) is 0 Å². The summed E-state index contributed by atoms with van der Waals surface area (Å²) in [5.41, 5.74) is 0.716. The molecular weight excluding hydrogens is 181 g/mol. The molecule has 0 fully saturated rings. The summed E-state index contributed by atoms with van der Waals surface area (Å²) in [7, 11) is 2.91. The number of nitrogens with zero attached hydrogens (tertiary/aromatic N) is 1. The summed E-state index contributed by atoms with van der Waals surface area (Å²) >= 11 is 0. The minimum atomic E-state index is 0. The Morgan fingerprint density at radius 2 is 2.00 bits per heavy atom. The van der Waals surface area contributed by atoms with Gasteiger partial charge in [0.1, 0.15) is 6.07 Å². The van der Waals surface area contributed by atoms with Gasteiger partial charge in [-0.15, -0.1) is 0 Å². The Kier molecular flexibility index (Phi) is 6.52. The van der Waals surface area contributed by atoms with E-state index in [9.17, 15) is 0 Å². The molecule has 0 aliphatic carbocycles. The fraction of sp³-hybridized carbons (Fsp3) is 0. The summed E-state index contributed by atoms with van der Waals surface area (Å²) < 4.78 is 0. The number of rotatable bonds is 2. The largest absolute Gasteiger partial charge is 1.00 e. The minimum absolute atomic E-state index is 0. The first-order valence-electron chi connectivity index (χ1n) is 2.96. The molecule has 0 atom stereocenters. The summed E-state index contributed by atoms with van der Waals surface area (Å²) in [6, 6.07) is 9.61. The topological polar surface area (TPSA) is 23.8 Å². The van der Waals surface area contributed by atoms with Gasteiger partial charge in [0.2, 0.25) is 0 Å². The molecule has 56 valence electrons. The van der Waals surface area contributed by atoms with E-state index in [1.165, 1.54) is 21.6 Å². The molecule has 0 radical (unpaired) electrons. The molecule has 0 amide bonds. The van der Waals surface area contributed by atoms with Gasteiger partial charge in [0.15, 0.2) is 0 Å². The van der Waals surface area contributed by atoms with E-state index in [0.29, 0.717) is 5.56 Å². The van der Waals surface area contributed by atoms with E-state index in [1.54, 1.807) is 6.07 Å². The molecule has 1 aromatic carbocycles. The van der Waals surface area contributed by atoms with Crippen molar-refractivity contribution in [1.29, 1.82) is 5.26 Å². The van der Waals surface area contributed by atoms with Crippen LogP contribution in [-0.2, 0) is 0 Å². The van der Waals surface area contributed by atoms with Gasteiger partial charge >= 0.3 is 18.9 Å². The van der Waals surface area contributed by atoms with Gasteiger partial charge in [-0.05, 0) is 12.1 Å². The summed E-state index contributed by atoms with van der Waals surface area (Å²) in [5, 5.41) is 8.65. The third-order valence-electron chi connectivity index (χ3n) is 1.16. The molecule has 1 aromatic rings. The number of benzene rings is 1. The average molecular weight is 187 g/mol. The molecule has 0 N–H and O–H groups in total.